The van der Waals surface area contributed by atoms with Crippen LogP contribution in [0.15, 0.2) is 24.3 Å². The summed E-state index contributed by atoms with van der Waals surface area (Å²) in [5, 5.41) is 0. The standard InChI is InChI=1S/C14H24N2/c1-10(2)16-7-5-14(6-8-16)9-11(3)12(4)13(14)15/h10,13H,3-9,15H2,1-2H3/t13-/m1/s1. The zero-order valence-corrected chi connectivity index (χ0v) is 10.6. The molecule has 0 aromatic rings. The van der Waals surface area contributed by atoms with Crippen LogP contribution in [0.1, 0.15) is 33.1 Å². The largest absolute Gasteiger partial charge is 0.323 e. The Morgan fingerprint density at radius 2 is 1.88 bits per heavy atom. The molecule has 0 aromatic heterocycles. The highest BCUT2D eigenvalue weighted by Crippen LogP contribution is 2.49. The Morgan fingerprint density at radius 1 is 1.31 bits per heavy atom. The number of nitrogens with zero attached hydrogens (tertiary/aromatic N) is 1. The zero-order chi connectivity index (χ0) is 11.9. The number of hydrogen-bond donors (Lipinski definition) is 1. The smallest absolute Gasteiger partial charge is 0.0352 e. The summed E-state index contributed by atoms with van der Waals surface area (Å²) in [6.45, 7) is 15.1. The van der Waals surface area contributed by atoms with Gasteiger partial charge in [0, 0.05) is 12.1 Å². The van der Waals surface area contributed by atoms with E-state index in [1.807, 2.05) is 0 Å². The average molecular weight is 220 g/mol. The minimum Gasteiger partial charge on any atom is -0.323 e. The van der Waals surface area contributed by atoms with Crippen molar-refractivity contribution in [2.24, 2.45) is 11.1 Å². The lowest BCUT2D eigenvalue weighted by Gasteiger charge is -2.43. The number of hydrogen-bond acceptors (Lipinski definition) is 2. The topological polar surface area (TPSA) is 29.3 Å². The van der Waals surface area contributed by atoms with Crippen molar-refractivity contribution in [2.75, 3.05) is 13.1 Å². The molecule has 1 aliphatic carbocycles. The van der Waals surface area contributed by atoms with E-state index in [0.29, 0.717) is 6.04 Å². The fourth-order valence-electron chi connectivity index (χ4n) is 3.21. The van der Waals surface area contributed by atoms with Gasteiger partial charge in [-0.05, 0) is 57.2 Å². The Morgan fingerprint density at radius 3 is 2.25 bits per heavy atom. The molecule has 2 heteroatoms. The second-order valence-electron chi connectivity index (χ2n) is 5.78. The van der Waals surface area contributed by atoms with E-state index >= 15 is 0 Å². The highest BCUT2D eigenvalue weighted by molar-refractivity contribution is 5.40. The lowest BCUT2D eigenvalue weighted by molar-refractivity contribution is 0.0816. The molecule has 0 aromatic carbocycles. The molecule has 2 aliphatic rings. The van der Waals surface area contributed by atoms with Crippen molar-refractivity contribution in [3.8, 4) is 0 Å². The van der Waals surface area contributed by atoms with E-state index in [9.17, 15) is 0 Å². The monoisotopic (exact) mass is 220 g/mol. The number of piperidine rings is 1. The summed E-state index contributed by atoms with van der Waals surface area (Å²) in [4.78, 5) is 2.54. The van der Waals surface area contributed by atoms with Crippen LogP contribution < -0.4 is 5.73 Å². The molecule has 0 unspecified atom stereocenters. The molecular weight excluding hydrogens is 196 g/mol. The Labute approximate surface area is 99.2 Å². The Balaban J connectivity index is 2.08. The second-order valence-corrected chi connectivity index (χ2v) is 5.78. The second kappa shape index (κ2) is 4.01. The minimum absolute atomic E-state index is 0.148. The number of likely N-dealkylation sites (tertiary alicyclic amines) is 1. The highest BCUT2D eigenvalue weighted by Gasteiger charge is 2.46. The van der Waals surface area contributed by atoms with Crippen molar-refractivity contribution in [3.05, 3.63) is 24.3 Å². The zero-order valence-electron chi connectivity index (χ0n) is 10.6. The first kappa shape index (κ1) is 11.9. The van der Waals surface area contributed by atoms with Crippen molar-refractivity contribution in [1.82, 2.24) is 4.90 Å². The Kier molecular flexibility index (Phi) is 2.97. The lowest BCUT2D eigenvalue weighted by atomic mass is 9.73. The highest BCUT2D eigenvalue weighted by atomic mass is 15.2. The van der Waals surface area contributed by atoms with E-state index in [4.69, 9.17) is 5.73 Å². The number of rotatable bonds is 1. The van der Waals surface area contributed by atoms with Gasteiger partial charge in [0.05, 0.1) is 0 Å². The lowest BCUT2D eigenvalue weighted by Crippen LogP contribution is -2.48. The van der Waals surface area contributed by atoms with Crippen LogP contribution in [0.3, 0.4) is 0 Å². The molecule has 2 fully saturated rings. The summed E-state index contributed by atoms with van der Waals surface area (Å²) in [6.07, 6.45) is 3.47. The molecule has 2 rings (SSSR count). The van der Waals surface area contributed by atoms with Crippen molar-refractivity contribution in [2.45, 2.75) is 45.2 Å². The van der Waals surface area contributed by atoms with E-state index in [0.717, 1.165) is 12.0 Å². The first-order valence-corrected chi connectivity index (χ1v) is 6.33. The van der Waals surface area contributed by atoms with E-state index in [1.54, 1.807) is 0 Å². The van der Waals surface area contributed by atoms with Gasteiger partial charge in [0.2, 0.25) is 0 Å². The van der Waals surface area contributed by atoms with Crippen LogP contribution in [0.2, 0.25) is 0 Å². The van der Waals surface area contributed by atoms with E-state index in [2.05, 4.69) is 31.9 Å². The van der Waals surface area contributed by atoms with Crippen LogP contribution in [-0.2, 0) is 0 Å². The van der Waals surface area contributed by atoms with Gasteiger partial charge in [-0.2, -0.15) is 0 Å². The van der Waals surface area contributed by atoms with Gasteiger partial charge in [0.25, 0.3) is 0 Å². The van der Waals surface area contributed by atoms with Gasteiger partial charge < -0.3 is 10.6 Å². The van der Waals surface area contributed by atoms with Crippen molar-refractivity contribution >= 4 is 0 Å². The quantitative estimate of drug-likeness (QED) is 0.735. The van der Waals surface area contributed by atoms with Gasteiger partial charge in [-0.1, -0.05) is 18.7 Å². The van der Waals surface area contributed by atoms with E-state index in [-0.39, 0.29) is 11.5 Å². The maximum Gasteiger partial charge on any atom is 0.0352 e. The van der Waals surface area contributed by atoms with Crippen LogP contribution in [0.5, 0.6) is 0 Å². The van der Waals surface area contributed by atoms with E-state index in [1.165, 1.54) is 31.5 Å². The third-order valence-corrected chi connectivity index (χ3v) is 4.58. The summed E-state index contributed by atoms with van der Waals surface area (Å²) in [6, 6.07) is 0.802. The normalized spacial score (nSPS) is 30.6. The van der Waals surface area contributed by atoms with Crippen LogP contribution in [0.4, 0.5) is 0 Å². The fraction of sp³-hybridized carbons (Fsp3) is 0.714. The average Bonchev–Trinajstić information content (AvgIpc) is 2.45. The molecule has 1 spiro atoms. The molecule has 1 aliphatic heterocycles. The maximum atomic E-state index is 6.32. The molecule has 2 N–H and O–H groups in total. The molecule has 2 nitrogen and oxygen atoms in total. The molecule has 1 saturated heterocycles. The van der Waals surface area contributed by atoms with Crippen LogP contribution >= 0.6 is 0 Å². The molecule has 0 bridgehead atoms. The third-order valence-electron chi connectivity index (χ3n) is 4.58. The summed E-state index contributed by atoms with van der Waals surface area (Å²) < 4.78 is 0. The molecule has 90 valence electrons. The van der Waals surface area contributed by atoms with Crippen molar-refractivity contribution in [1.29, 1.82) is 0 Å². The minimum atomic E-state index is 0.148. The van der Waals surface area contributed by atoms with Gasteiger partial charge in [-0.3, -0.25) is 0 Å². The Bertz CT molecular complexity index is 309. The molecule has 0 amide bonds. The third kappa shape index (κ3) is 1.74. The van der Waals surface area contributed by atoms with Crippen molar-refractivity contribution < 1.29 is 0 Å². The van der Waals surface area contributed by atoms with Gasteiger partial charge >= 0.3 is 0 Å². The van der Waals surface area contributed by atoms with Crippen molar-refractivity contribution in [3.63, 3.8) is 0 Å². The first-order chi connectivity index (χ1) is 7.46. The molecular formula is C14H24N2. The van der Waals surface area contributed by atoms with E-state index < -0.39 is 0 Å². The predicted molar refractivity (Wildman–Crippen MR) is 69.2 cm³/mol. The maximum absolute atomic E-state index is 6.32. The SMILES string of the molecule is C=C1CC2(CCN(C(C)C)CC2)[C@H](N)C1=C. The molecule has 1 heterocycles. The molecule has 0 radical (unpaired) electrons. The van der Waals surface area contributed by atoms with Crippen LogP contribution in [0.25, 0.3) is 0 Å². The first-order valence-electron chi connectivity index (χ1n) is 6.33. The predicted octanol–water partition coefficient (Wildman–Crippen LogP) is 2.32. The summed E-state index contributed by atoms with van der Waals surface area (Å²) >= 11 is 0. The van der Waals surface area contributed by atoms with Gasteiger partial charge in [-0.25, -0.2) is 0 Å². The summed E-state index contributed by atoms with van der Waals surface area (Å²) in [5.74, 6) is 0. The number of nitrogens with two attached hydrogens (primary N) is 1. The molecule has 1 atom stereocenters. The fourth-order valence-corrected chi connectivity index (χ4v) is 3.21. The van der Waals surface area contributed by atoms with Crippen LogP contribution in [-0.4, -0.2) is 30.1 Å². The summed E-state index contributed by atoms with van der Waals surface area (Å²) in [5.41, 5.74) is 8.88. The Hall–Kier alpha value is -0.600. The van der Waals surface area contributed by atoms with Crippen LogP contribution in [0, 0.1) is 5.41 Å². The van der Waals surface area contributed by atoms with Gasteiger partial charge in [-0.15, -0.1) is 0 Å². The molecule has 16 heavy (non-hydrogen) atoms. The molecule has 1 saturated carbocycles. The van der Waals surface area contributed by atoms with Gasteiger partial charge in [0.15, 0.2) is 0 Å². The van der Waals surface area contributed by atoms with Gasteiger partial charge in [0.1, 0.15) is 0 Å². The summed E-state index contributed by atoms with van der Waals surface area (Å²) in [7, 11) is 0.